The second kappa shape index (κ2) is 4.94. The standard InChI is InChI=1S/C11H17N5/c1-9(2)16-8-10(6-14-16)5-12-7-11-3-4-13-15-11/h3-4,6,8-9,12H,5,7H2,1-2H3,(H,13,15). The van der Waals surface area contributed by atoms with Gasteiger partial charge in [0.2, 0.25) is 0 Å². The first-order valence-electron chi connectivity index (χ1n) is 5.47. The van der Waals surface area contributed by atoms with E-state index in [1.165, 1.54) is 5.56 Å². The van der Waals surface area contributed by atoms with Crippen LogP contribution >= 0.6 is 0 Å². The van der Waals surface area contributed by atoms with Gasteiger partial charge < -0.3 is 5.32 Å². The average molecular weight is 219 g/mol. The number of nitrogens with zero attached hydrogens (tertiary/aromatic N) is 3. The lowest BCUT2D eigenvalue weighted by Crippen LogP contribution is -2.12. The first kappa shape index (κ1) is 10.9. The first-order valence-corrected chi connectivity index (χ1v) is 5.47. The molecule has 2 aromatic heterocycles. The van der Waals surface area contributed by atoms with Crippen molar-refractivity contribution in [3.63, 3.8) is 0 Å². The third-order valence-corrected chi connectivity index (χ3v) is 2.39. The highest BCUT2D eigenvalue weighted by Gasteiger charge is 2.01. The van der Waals surface area contributed by atoms with E-state index in [9.17, 15) is 0 Å². The number of H-pyrrole nitrogens is 1. The van der Waals surface area contributed by atoms with Crippen LogP contribution < -0.4 is 5.32 Å². The van der Waals surface area contributed by atoms with Crippen molar-refractivity contribution >= 4 is 0 Å². The lowest BCUT2D eigenvalue weighted by molar-refractivity contribution is 0.531. The van der Waals surface area contributed by atoms with Crippen LogP contribution in [0.15, 0.2) is 24.7 Å². The normalized spacial score (nSPS) is 11.2. The van der Waals surface area contributed by atoms with Crippen LogP contribution in [0.3, 0.4) is 0 Å². The van der Waals surface area contributed by atoms with Gasteiger partial charge in [-0.25, -0.2) is 0 Å². The van der Waals surface area contributed by atoms with Gasteiger partial charge in [-0.3, -0.25) is 9.78 Å². The molecule has 0 atom stereocenters. The van der Waals surface area contributed by atoms with Crippen molar-refractivity contribution in [2.75, 3.05) is 0 Å². The van der Waals surface area contributed by atoms with Gasteiger partial charge in [-0.15, -0.1) is 0 Å². The monoisotopic (exact) mass is 219 g/mol. The van der Waals surface area contributed by atoms with Crippen LogP contribution in [-0.4, -0.2) is 20.0 Å². The van der Waals surface area contributed by atoms with Crippen molar-refractivity contribution in [3.05, 3.63) is 35.9 Å². The summed E-state index contributed by atoms with van der Waals surface area (Å²) in [4.78, 5) is 0. The zero-order valence-corrected chi connectivity index (χ0v) is 9.64. The molecule has 0 radical (unpaired) electrons. The molecule has 2 N–H and O–H groups in total. The summed E-state index contributed by atoms with van der Waals surface area (Å²) in [5, 5.41) is 14.4. The maximum absolute atomic E-state index is 4.29. The molecule has 0 aromatic carbocycles. The third-order valence-electron chi connectivity index (χ3n) is 2.39. The zero-order chi connectivity index (χ0) is 11.4. The van der Waals surface area contributed by atoms with Gasteiger partial charge in [-0.05, 0) is 19.9 Å². The maximum Gasteiger partial charge on any atom is 0.0534 e. The van der Waals surface area contributed by atoms with Crippen LogP contribution in [0.5, 0.6) is 0 Å². The molecule has 0 saturated carbocycles. The molecule has 0 spiro atoms. The summed E-state index contributed by atoms with van der Waals surface area (Å²) < 4.78 is 1.97. The van der Waals surface area contributed by atoms with Crippen LogP contribution in [0.4, 0.5) is 0 Å². The van der Waals surface area contributed by atoms with Crippen molar-refractivity contribution < 1.29 is 0 Å². The van der Waals surface area contributed by atoms with Crippen molar-refractivity contribution in [1.82, 2.24) is 25.3 Å². The number of hydrogen-bond acceptors (Lipinski definition) is 3. The molecule has 0 aliphatic heterocycles. The lowest BCUT2D eigenvalue weighted by atomic mass is 10.3. The van der Waals surface area contributed by atoms with E-state index < -0.39 is 0 Å². The maximum atomic E-state index is 4.29. The second-order valence-electron chi connectivity index (χ2n) is 4.11. The Labute approximate surface area is 94.9 Å². The predicted octanol–water partition coefficient (Wildman–Crippen LogP) is 1.48. The summed E-state index contributed by atoms with van der Waals surface area (Å²) in [6.07, 6.45) is 5.73. The summed E-state index contributed by atoms with van der Waals surface area (Å²) in [5.74, 6) is 0. The molecule has 0 aliphatic carbocycles. The molecule has 0 saturated heterocycles. The van der Waals surface area contributed by atoms with Crippen molar-refractivity contribution in [2.45, 2.75) is 33.0 Å². The molecular weight excluding hydrogens is 202 g/mol. The Kier molecular flexibility index (Phi) is 3.36. The minimum Gasteiger partial charge on any atom is -0.307 e. The fourth-order valence-corrected chi connectivity index (χ4v) is 1.48. The largest absolute Gasteiger partial charge is 0.307 e. The minimum absolute atomic E-state index is 0.418. The molecule has 5 nitrogen and oxygen atoms in total. The van der Waals surface area contributed by atoms with Crippen LogP contribution in [0.1, 0.15) is 31.1 Å². The second-order valence-corrected chi connectivity index (χ2v) is 4.11. The molecule has 5 heteroatoms. The van der Waals surface area contributed by atoms with Crippen LogP contribution in [0, 0.1) is 0 Å². The highest BCUT2D eigenvalue weighted by atomic mass is 15.3. The van der Waals surface area contributed by atoms with Crippen LogP contribution in [0.25, 0.3) is 0 Å². The Morgan fingerprint density at radius 2 is 2.31 bits per heavy atom. The molecule has 0 aliphatic rings. The van der Waals surface area contributed by atoms with Crippen molar-refractivity contribution in [3.8, 4) is 0 Å². The third kappa shape index (κ3) is 2.70. The smallest absolute Gasteiger partial charge is 0.0534 e. The number of aromatic amines is 1. The number of hydrogen-bond donors (Lipinski definition) is 2. The van der Waals surface area contributed by atoms with E-state index in [2.05, 4.69) is 40.7 Å². The van der Waals surface area contributed by atoms with Crippen molar-refractivity contribution in [1.29, 1.82) is 0 Å². The molecule has 0 bridgehead atoms. The highest BCUT2D eigenvalue weighted by molar-refractivity contribution is 5.04. The van der Waals surface area contributed by atoms with E-state index in [1.807, 2.05) is 16.9 Å². The summed E-state index contributed by atoms with van der Waals surface area (Å²) >= 11 is 0. The SMILES string of the molecule is CC(C)n1cc(CNCc2ccn[nH]2)cn1. The Hall–Kier alpha value is -1.62. The fourth-order valence-electron chi connectivity index (χ4n) is 1.48. The molecular formula is C11H17N5. The van der Waals surface area contributed by atoms with E-state index >= 15 is 0 Å². The van der Waals surface area contributed by atoms with Gasteiger partial charge in [0.05, 0.1) is 6.20 Å². The molecule has 2 rings (SSSR count). The van der Waals surface area contributed by atoms with Crippen molar-refractivity contribution in [2.24, 2.45) is 0 Å². The Morgan fingerprint density at radius 3 is 2.94 bits per heavy atom. The van der Waals surface area contributed by atoms with E-state index in [1.54, 1.807) is 6.20 Å². The van der Waals surface area contributed by atoms with Gasteiger partial charge in [-0.1, -0.05) is 0 Å². The molecule has 0 fully saturated rings. The zero-order valence-electron chi connectivity index (χ0n) is 9.64. The number of aromatic nitrogens is 4. The van der Waals surface area contributed by atoms with Gasteiger partial charge in [0.1, 0.15) is 0 Å². The molecule has 86 valence electrons. The van der Waals surface area contributed by atoms with E-state index in [0.29, 0.717) is 6.04 Å². The molecule has 2 aromatic rings. The predicted molar refractivity (Wildman–Crippen MR) is 61.7 cm³/mol. The highest BCUT2D eigenvalue weighted by Crippen LogP contribution is 2.05. The number of rotatable bonds is 5. The van der Waals surface area contributed by atoms with Crippen LogP contribution in [-0.2, 0) is 13.1 Å². The summed E-state index contributed by atoms with van der Waals surface area (Å²) in [7, 11) is 0. The van der Waals surface area contributed by atoms with E-state index in [-0.39, 0.29) is 0 Å². The number of nitrogens with one attached hydrogen (secondary N) is 2. The molecule has 2 heterocycles. The molecule has 16 heavy (non-hydrogen) atoms. The summed E-state index contributed by atoms with van der Waals surface area (Å²) in [6.45, 7) is 5.86. The van der Waals surface area contributed by atoms with E-state index in [0.717, 1.165) is 18.8 Å². The fraction of sp³-hybridized carbons (Fsp3) is 0.455. The van der Waals surface area contributed by atoms with Gasteiger partial charge in [0, 0.05) is 42.8 Å². The quantitative estimate of drug-likeness (QED) is 0.800. The topological polar surface area (TPSA) is 58.5 Å². The Bertz CT molecular complexity index is 415. The first-order chi connectivity index (χ1) is 7.75. The van der Waals surface area contributed by atoms with Gasteiger partial charge >= 0.3 is 0 Å². The van der Waals surface area contributed by atoms with Crippen LogP contribution in [0.2, 0.25) is 0 Å². The molecule has 0 amide bonds. The minimum atomic E-state index is 0.418. The Morgan fingerprint density at radius 1 is 1.44 bits per heavy atom. The van der Waals surface area contributed by atoms with Gasteiger partial charge in [-0.2, -0.15) is 10.2 Å². The summed E-state index contributed by atoms with van der Waals surface area (Å²) in [6, 6.07) is 2.38. The van der Waals surface area contributed by atoms with Gasteiger partial charge in [0.15, 0.2) is 0 Å². The van der Waals surface area contributed by atoms with Gasteiger partial charge in [0.25, 0.3) is 0 Å². The summed E-state index contributed by atoms with van der Waals surface area (Å²) in [5.41, 5.74) is 2.30. The lowest BCUT2D eigenvalue weighted by Gasteiger charge is -2.03. The molecule has 0 unspecified atom stereocenters. The Balaban J connectivity index is 1.81. The van der Waals surface area contributed by atoms with E-state index in [4.69, 9.17) is 0 Å². The average Bonchev–Trinajstić information content (AvgIpc) is 2.87.